The standard InChI is InChI=1S/C7H8N2OS.C5H5BrN2S.C5H10O/c1-5(10)6-3-8-7(11-2)9-4-6;1-9-5-7-2-4(6)3-8-5;1-4-6-5(2)3/h3-4H,1-2H3;2-3H,1H3;2,4H2,1,3H3. The van der Waals surface area contributed by atoms with Crippen molar-refractivity contribution in [3.63, 3.8) is 0 Å². The van der Waals surface area contributed by atoms with E-state index in [0.717, 1.165) is 22.0 Å². The molecular weight excluding hydrogens is 436 g/mol. The number of ether oxygens (including phenoxy) is 1. The summed E-state index contributed by atoms with van der Waals surface area (Å²) in [5.74, 6) is 0.787. The van der Waals surface area contributed by atoms with Gasteiger partial charge in [-0.2, -0.15) is 0 Å². The minimum Gasteiger partial charge on any atom is -0.499 e. The lowest BCUT2D eigenvalue weighted by Crippen LogP contribution is -1.95. The number of nitrogens with zero attached hydrogens (tertiary/aromatic N) is 4. The van der Waals surface area contributed by atoms with Crippen molar-refractivity contribution in [3.8, 4) is 0 Å². The molecule has 0 bridgehead atoms. The lowest BCUT2D eigenvalue weighted by atomic mass is 10.2. The molecule has 6 nitrogen and oxygen atoms in total. The summed E-state index contributed by atoms with van der Waals surface area (Å²) in [6.45, 7) is 9.53. The molecule has 0 aliphatic heterocycles. The van der Waals surface area contributed by atoms with Crippen molar-refractivity contribution >= 4 is 45.2 Å². The van der Waals surface area contributed by atoms with E-state index >= 15 is 0 Å². The molecule has 0 radical (unpaired) electrons. The summed E-state index contributed by atoms with van der Waals surface area (Å²) in [6, 6.07) is 0. The van der Waals surface area contributed by atoms with Crippen molar-refractivity contribution in [2.75, 3.05) is 19.1 Å². The number of Topliss-reactive ketones (excluding diaryl/α,β-unsaturated/α-hetero) is 1. The Morgan fingerprint density at radius 3 is 1.73 bits per heavy atom. The van der Waals surface area contributed by atoms with Gasteiger partial charge in [-0.15, -0.1) is 0 Å². The number of rotatable bonds is 5. The van der Waals surface area contributed by atoms with Gasteiger partial charge in [0.15, 0.2) is 16.1 Å². The van der Waals surface area contributed by atoms with Crippen LogP contribution in [-0.2, 0) is 4.74 Å². The lowest BCUT2D eigenvalue weighted by molar-refractivity contribution is 0.101. The molecular formula is C17H23BrN4O2S2. The summed E-state index contributed by atoms with van der Waals surface area (Å²) in [4.78, 5) is 26.7. The largest absolute Gasteiger partial charge is 0.499 e. The smallest absolute Gasteiger partial charge is 0.187 e. The molecule has 2 aromatic heterocycles. The highest BCUT2D eigenvalue weighted by Gasteiger charge is 1.99. The Labute approximate surface area is 171 Å². The zero-order chi connectivity index (χ0) is 19.9. The van der Waals surface area contributed by atoms with Crippen LogP contribution in [0.5, 0.6) is 0 Å². The normalized spacial score (nSPS) is 9.15. The van der Waals surface area contributed by atoms with Crippen molar-refractivity contribution in [1.82, 2.24) is 19.9 Å². The van der Waals surface area contributed by atoms with Gasteiger partial charge < -0.3 is 4.74 Å². The highest BCUT2D eigenvalue weighted by molar-refractivity contribution is 9.10. The van der Waals surface area contributed by atoms with Crippen molar-refractivity contribution in [2.24, 2.45) is 0 Å². The van der Waals surface area contributed by atoms with E-state index in [4.69, 9.17) is 4.74 Å². The number of allylic oxidation sites excluding steroid dienone is 1. The predicted molar refractivity (Wildman–Crippen MR) is 112 cm³/mol. The first-order chi connectivity index (χ1) is 12.3. The molecule has 0 saturated heterocycles. The lowest BCUT2D eigenvalue weighted by Gasteiger charge is -1.95. The Morgan fingerprint density at radius 2 is 1.46 bits per heavy atom. The Hall–Kier alpha value is -1.45. The molecule has 0 fully saturated rings. The van der Waals surface area contributed by atoms with Crippen molar-refractivity contribution in [1.29, 1.82) is 0 Å². The summed E-state index contributed by atoms with van der Waals surface area (Å²) in [7, 11) is 0. The molecule has 2 rings (SSSR count). The Morgan fingerprint density at radius 1 is 1.04 bits per heavy atom. The molecule has 2 heterocycles. The van der Waals surface area contributed by atoms with Crippen molar-refractivity contribution < 1.29 is 9.53 Å². The van der Waals surface area contributed by atoms with Crippen LogP contribution >= 0.6 is 39.5 Å². The number of hydrogen-bond donors (Lipinski definition) is 0. The quantitative estimate of drug-likeness (QED) is 0.270. The second-order valence-electron chi connectivity index (χ2n) is 4.54. The Kier molecular flexibility index (Phi) is 13.9. The number of carbonyl (C=O) groups is 1. The average Bonchev–Trinajstić information content (AvgIpc) is 2.63. The van der Waals surface area contributed by atoms with Gasteiger partial charge in [0.1, 0.15) is 0 Å². The van der Waals surface area contributed by atoms with Gasteiger partial charge in [-0.05, 0) is 49.2 Å². The van der Waals surface area contributed by atoms with E-state index in [2.05, 4.69) is 42.4 Å². The summed E-state index contributed by atoms with van der Waals surface area (Å²) in [6.07, 6.45) is 10.4. The van der Waals surface area contributed by atoms with Crippen LogP contribution < -0.4 is 0 Å². The second-order valence-corrected chi connectivity index (χ2v) is 7.00. The summed E-state index contributed by atoms with van der Waals surface area (Å²) in [5, 5.41) is 1.49. The first-order valence-electron chi connectivity index (χ1n) is 7.50. The topological polar surface area (TPSA) is 77.9 Å². The van der Waals surface area contributed by atoms with Gasteiger partial charge in [-0.25, -0.2) is 19.9 Å². The third-order valence-electron chi connectivity index (χ3n) is 2.39. The summed E-state index contributed by atoms with van der Waals surface area (Å²) >= 11 is 6.23. The molecule has 0 aliphatic rings. The SMILES string of the molecule is C=C(C)OCC.CSc1ncc(Br)cn1.CSc1ncc(C(C)=O)cn1. The van der Waals surface area contributed by atoms with Crippen molar-refractivity contribution in [3.05, 3.63) is 47.2 Å². The van der Waals surface area contributed by atoms with Gasteiger partial charge in [0.2, 0.25) is 0 Å². The molecule has 0 aliphatic carbocycles. The molecule has 2 aromatic rings. The van der Waals surface area contributed by atoms with Crippen LogP contribution in [0.4, 0.5) is 0 Å². The fraction of sp³-hybridized carbons (Fsp3) is 0.353. The molecule has 0 unspecified atom stereocenters. The molecule has 26 heavy (non-hydrogen) atoms. The molecule has 142 valence electrons. The predicted octanol–water partition coefficient (Wildman–Crippen LogP) is 4.92. The van der Waals surface area contributed by atoms with Crippen molar-refractivity contribution in [2.45, 2.75) is 31.1 Å². The number of ketones is 1. The number of aromatic nitrogens is 4. The van der Waals surface area contributed by atoms with E-state index < -0.39 is 0 Å². The van der Waals surface area contributed by atoms with E-state index in [1.807, 2.05) is 26.4 Å². The first kappa shape index (κ1) is 24.6. The Balaban J connectivity index is 0.000000378. The highest BCUT2D eigenvalue weighted by atomic mass is 79.9. The average molecular weight is 459 g/mol. The zero-order valence-electron chi connectivity index (χ0n) is 15.5. The van der Waals surface area contributed by atoms with Crippen LogP contribution in [0.3, 0.4) is 0 Å². The molecule has 0 aromatic carbocycles. The third-order valence-corrected chi connectivity index (χ3v) is 3.95. The van der Waals surface area contributed by atoms with Crippen LogP contribution in [0, 0.1) is 0 Å². The number of thioether (sulfide) groups is 2. The van der Waals surface area contributed by atoms with Gasteiger partial charge in [0.05, 0.1) is 22.4 Å². The van der Waals surface area contributed by atoms with Gasteiger partial charge in [0.25, 0.3) is 0 Å². The molecule has 0 saturated carbocycles. The van der Waals surface area contributed by atoms with E-state index in [9.17, 15) is 4.79 Å². The van der Waals surface area contributed by atoms with E-state index in [0.29, 0.717) is 10.7 Å². The maximum Gasteiger partial charge on any atom is 0.187 e. The van der Waals surface area contributed by atoms with Gasteiger partial charge in [-0.3, -0.25) is 4.79 Å². The minimum absolute atomic E-state index is 0.00217. The number of halogens is 1. The van der Waals surface area contributed by atoms with Gasteiger partial charge in [-0.1, -0.05) is 30.1 Å². The molecule has 9 heteroatoms. The minimum atomic E-state index is -0.00217. The monoisotopic (exact) mass is 458 g/mol. The zero-order valence-corrected chi connectivity index (χ0v) is 18.7. The number of hydrogen-bond acceptors (Lipinski definition) is 8. The van der Waals surface area contributed by atoms with Crippen LogP contribution in [0.2, 0.25) is 0 Å². The second kappa shape index (κ2) is 14.7. The fourth-order valence-corrected chi connectivity index (χ4v) is 2.09. The molecule has 0 spiro atoms. The fourth-order valence-electron chi connectivity index (χ4n) is 1.26. The van der Waals surface area contributed by atoms with Gasteiger partial charge >= 0.3 is 0 Å². The number of carbonyl (C=O) groups excluding carboxylic acids is 1. The summed E-state index contributed by atoms with van der Waals surface area (Å²) in [5.41, 5.74) is 0.558. The first-order valence-corrected chi connectivity index (χ1v) is 10.7. The Bertz CT molecular complexity index is 667. The summed E-state index contributed by atoms with van der Waals surface area (Å²) < 4.78 is 5.76. The molecule has 0 amide bonds. The molecule has 0 N–H and O–H groups in total. The van der Waals surface area contributed by atoms with E-state index in [-0.39, 0.29) is 5.78 Å². The van der Waals surface area contributed by atoms with Crippen LogP contribution in [0.15, 0.2) is 51.9 Å². The van der Waals surface area contributed by atoms with E-state index in [1.54, 1.807) is 24.8 Å². The van der Waals surface area contributed by atoms with Crippen LogP contribution in [0.25, 0.3) is 0 Å². The maximum atomic E-state index is 10.8. The van der Waals surface area contributed by atoms with E-state index in [1.165, 1.54) is 30.4 Å². The maximum absolute atomic E-state index is 10.8. The van der Waals surface area contributed by atoms with Crippen LogP contribution in [-0.4, -0.2) is 44.8 Å². The molecule has 0 atom stereocenters. The highest BCUT2D eigenvalue weighted by Crippen LogP contribution is 2.10. The third kappa shape index (κ3) is 12.0. The van der Waals surface area contributed by atoms with Gasteiger partial charge in [0, 0.05) is 24.8 Å². The van der Waals surface area contributed by atoms with Crippen LogP contribution in [0.1, 0.15) is 31.1 Å².